The van der Waals surface area contributed by atoms with Gasteiger partial charge in [0.05, 0.1) is 0 Å². The Balaban J connectivity index is 2.26. The zero-order valence-electron chi connectivity index (χ0n) is 9.96. The van der Waals surface area contributed by atoms with Crippen LogP contribution in [0.3, 0.4) is 0 Å². The Labute approximate surface area is 103 Å². The van der Waals surface area contributed by atoms with Crippen LogP contribution in [0.1, 0.15) is 28.9 Å². The van der Waals surface area contributed by atoms with Crippen LogP contribution in [-0.4, -0.2) is 30.2 Å². The van der Waals surface area contributed by atoms with E-state index in [1.807, 2.05) is 6.92 Å². The molecule has 0 aliphatic heterocycles. The number of aryl methyl sites for hydroxylation is 1. The lowest BCUT2D eigenvalue weighted by Gasteiger charge is -2.07. The van der Waals surface area contributed by atoms with E-state index < -0.39 is 12.8 Å². The molecule has 0 N–H and O–H groups in total. The first kappa shape index (κ1) is 14.6. The van der Waals surface area contributed by atoms with Crippen LogP contribution < -0.4 is 0 Å². The number of Topliss-reactive ketones (excluding diaryl/α,β-unsaturated/α-hetero) is 1. The van der Waals surface area contributed by atoms with Crippen molar-refractivity contribution in [3.63, 3.8) is 0 Å². The van der Waals surface area contributed by atoms with Crippen molar-refractivity contribution in [2.24, 2.45) is 0 Å². The van der Waals surface area contributed by atoms with Crippen molar-refractivity contribution in [1.29, 1.82) is 0 Å². The molecule has 18 heavy (non-hydrogen) atoms. The molecule has 3 nitrogen and oxygen atoms in total. The minimum atomic E-state index is -4.32. The molecule has 6 heteroatoms. The number of alkyl halides is 3. The molecule has 0 spiro atoms. The second-order valence-corrected chi connectivity index (χ2v) is 3.91. The van der Waals surface area contributed by atoms with Crippen LogP contribution >= 0.6 is 0 Å². The number of carbonyl (C=O) groups excluding carboxylic acids is 1. The SMILES string of the molecule is Cc1ccnc(C(=O)CCCOCC(F)(F)F)c1. The highest BCUT2D eigenvalue weighted by Gasteiger charge is 2.27. The molecule has 0 bridgehead atoms. The normalized spacial score (nSPS) is 11.6. The average Bonchev–Trinajstić information content (AvgIpc) is 2.26. The number of pyridine rings is 1. The van der Waals surface area contributed by atoms with Crippen molar-refractivity contribution < 1.29 is 22.7 Å². The van der Waals surface area contributed by atoms with Gasteiger partial charge >= 0.3 is 6.18 Å². The van der Waals surface area contributed by atoms with E-state index in [0.717, 1.165) is 5.56 Å². The minimum absolute atomic E-state index is 0.0862. The van der Waals surface area contributed by atoms with E-state index in [-0.39, 0.29) is 25.2 Å². The summed E-state index contributed by atoms with van der Waals surface area (Å²) >= 11 is 0. The monoisotopic (exact) mass is 261 g/mol. The Hall–Kier alpha value is -1.43. The smallest absolute Gasteiger partial charge is 0.372 e. The molecule has 100 valence electrons. The summed E-state index contributed by atoms with van der Waals surface area (Å²) in [5.41, 5.74) is 1.26. The topological polar surface area (TPSA) is 39.2 Å². The summed E-state index contributed by atoms with van der Waals surface area (Å²) in [6, 6.07) is 3.42. The number of halogens is 3. The van der Waals surface area contributed by atoms with Crippen LogP contribution in [0, 0.1) is 6.92 Å². The van der Waals surface area contributed by atoms with Crippen LogP contribution in [-0.2, 0) is 4.74 Å². The zero-order valence-corrected chi connectivity index (χ0v) is 9.96. The summed E-state index contributed by atoms with van der Waals surface area (Å²) in [6.45, 7) is 0.478. The third kappa shape index (κ3) is 5.77. The fourth-order valence-corrected chi connectivity index (χ4v) is 1.34. The quantitative estimate of drug-likeness (QED) is 0.584. The highest BCUT2D eigenvalue weighted by Crippen LogP contribution is 2.14. The fraction of sp³-hybridized carbons (Fsp3) is 0.500. The Kier molecular flexibility index (Phi) is 5.27. The minimum Gasteiger partial charge on any atom is -0.372 e. The van der Waals surface area contributed by atoms with Crippen molar-refractivity contribution in [1.82, 2.24) is 4.98 Å². The van der Waals surface area contributed by atoms with Crippen molar-refractivity contribution in [2.45, 2.75) is 25.9 Å². The molecule has 1 aromatic heterocycles. The van der Waals surface area contributed by atoms with Gasteiger partial charge in [0, 0.05) is 19.2 Å². The van der Waals surface area contributed by atoms with E-state index in [0.29, 0.717) is 5.69 Å². The maximum Gasteiger partial charge on any atom is 0.411 e. The van der Waals surface area contributed by atoms with E-state index in [1.54, 1.807) is 12.1 Å². The summed E-state index contributed by atoms with van der Waals surface area (Å²) in [7, 11) is 0. The molecular formula is C12H14F3NO2. The predicted octanol–water partition coefficient (Wildman–Crippen LogP) is 2.93. The van der Waals surface area contributed by atoms with Gasteiger partial charge in [0.15, 0.2) is 5.78 Å². The van der Waals surface area contributed by atoms with Gasteiger partial charge in [0.1, 0.15) is 12.3 Å². The molecular weight excluding hydrogens is 247 g/mol. The summed E-state index contributed by atoms with van der Waals surface area (Å²) < 4.78 is 39.7. The van der Waals surface area contributed by atoms with E-state index >= 15 is 0 Å². The number of aromatic nitrogens is 1. The largest absolute Gasteiger partial charge is 0.411 e. The van der Waals surface area contributed by atoms with Gasteiger partial charge in [-0.2, -0.15) is 13.2 Å². The molecule has 0 atom stereocenters. The van der Waals surface area contributed by atoms with Crippen LogP contribution in [0.25, 0.3) is 0 Å². The number of rotatable bonds is 6. The summed E-state index contributed by atoms with van der Waals surface area (Å²) in [5.74, 6) is -0.186. The van der Waals surface area contributed by atoms with E-state index in [1.165, 1.54) is 6.20 Å². The van der Waals surface area contributed by atoms with E-state index in [4.69, 9.17) is 0 Å². The lowest BCUT2D eigenvalue weighted by molar-refractivity contribution is -0.173. The number of ether oxygens (including phenoxy) is 1. The Morgan fingerprint density at radius 2 is 2.17 bits per heavy atom. The van der Waals surface area contributed by atoms with Gasteiger partial charge in [-0.05, 0) is 31.0 Å². The third-order valence-corrected chi connectivity index (χ3v) is 2.16. The maximum atomic E-state index is 11.7. The molecule has 0 saturated carbocycles. The summed E-state index contributed by atoms with van der Waals surface area (Å²) in [4.78, 5) is 15.5. The predicted molar refractivity (Wildman–Crippen MR) is 59.4 cm³/mol. The molecule has 0 aliphatic carbocycles. The van der Waals surface area contributed by atoms with Crippen LogP contribution in [0.4, 0.5) is 13.2 Å². The molecule has 1 heterocycles. The first-order chi connectivity index (χ1) is 8.38. The standard InChI is InChI=1S/C12H14F3NO2/c1-9-4-5-16-10(7-9)11(17)3-2-6-18-8-12(13,14)15/h4-5,7H,2-3,6,8H2,1H3. The highest BCUT2D eigenvalue weighted by molar-refractivity contribution is 5.94. The maximum absolute atomic E-state index is 11.7. The van der Waals surface area contributed by atoms with Gasteiger partial charge in [0.2, 0.25) is 0 Å². The Bertz CT molecular complexity index is 405. The third-order valence-electron chi connectivity index (χ3n) is 2.16. The molecule has 0 amide bonds. The lowest BCUT2D eigenvalue weighted by Crippen LogP contribution is -2.17. The molecule has 0 aromatic carbocycles. The van der Waals surface area contributed by atoms with Crippen molar-refractivity contribution in [3.05, 3.63) is 29.6 Å². The molecule has 0 fully saturated rings. The molecule has 0 aliphatic rings. The Morgan fingerprint density at radius 3 is 2.78 bits per heavy atom. The average molecular weight is 261 g/mol. The zero-order chi connectivity index (χ0) is 13.6. The van der Waals surface area contributed by atoms with Gasteiger partial charge in [0.25, 0.3) is 0 Å². The number of nitrogens with zero attached hydrogens (tertiary/aromatic N) is 1. The lowest BCUT2D eigenvalue weighted by atomic mass is 10.1. The number of carbonyl (C=O) groups is 1. The number of hydrogen-bond acceptors (Lipinski definition) is 3. The highest BCUT2D eigenvalue weighted by atomic mass is 19.4. The van der Waals surface area contributed by atoms with Crippen LogP contribution in [0.2, 0.25) is 0 Å². The molecule has 1 aromatic rings. The van der Waals surface area contributed by atoms with Crippen molar-refractivity contribution >= 4 is 5.78 Å². The second-order valence-electron chi connectivity index (χ2n) is 3.91. The van der Waals surface area contributed by atoms with Gasteiger partial charge < -0.3 is 4.74 Å². The van der Waals surface area contributed by atoms with Crippen LogP contribution in [0.5, 0.6) is 0 Å². The van der Waals surface area contributed by atoms with E-state index in [2.05, 4.69) is 9.72 Å². The second kappa shape index (κ2) is 6.49. The number of ketones is 1. The van der Waals surface area contributed by atoms with Gasteiger partial charge in [-0.1, -0.05) is 0 Å². The summed E-state index contributed by atoms with van der Waals surface area (Å²) in [6.07, 6.45) is -2.40. The van der Waals surface area contributed by atoms with Crippen molar-refractivity contribution in [2.75, 3.05) is 13.2 Å². The van der Waals surface area contributed by atoms with Crippen molar-refractivity contribution in [3.8, 4) is 0 Å². The first-order valence-corrected chi connectivity index (χ1v) is 5.49. The first-order valence-electron chi connectivity index (χ1n) is 5.49. The molecule has 0 unspecified atom stereocenters. The van der Waals surface area contributed by atoms with Gasteiger partial charge in [-0.25, -0.2) is 0 Å². The molecule has 0 saturated heterocycles. The van der Waals surface area contributed by atoms with Crippen LogP contribution in [0.15, 0.2) is 18.3 Å². The molecule has 1 rings (SSSR count). The molecule has 0 radical (unpaired) electrons. The number of hydrogen-bond donors (Lipinski definition) is 0. The van der Waals surface area contributed by atoms with Gasteiger partial charge in [-0.15, -0.1) is 0 Å². The summed E-state index contributed by atoms with van der Waals surface area (Å²) in [5, 5.41) is 0. The van der Waals surface area contributed by atoms with E-state index in [9.17, 15) is 18.0 Å². The van der Waals surface area contributed by atoms with Gasteiger partial charge in [-0.3, -0.25) is 9.78 Å². The fourth-order valence-electron chi connectivity index (χ4n) is 1.34. The Morgan fingerprint density at radius 1 is 1.44 bits per heavy atom.